The fourth-order valence-corrected chi connectivity index (χ4v) is 0.996. The zero-order valence-corrected chi connectivity index (χ0v) is 8.86. The minimum Gasteiger partial charge on any atom is -0.323 e. The molecule has 0 saturated carbocycles. The van der Waals surface area contributed by atoms with Gasteiger partial charge in [0.25, 0.3) is 5.69 Å². The summed E-state index contributed by atoms with van der Waals surface area (Å²) in [4.78, 5) is 20.9. The van der Waals surface area contributed by atoms with Crippen LogP contribution in [0.1, 0.15) is 13.8 Å². The van der Waals surface area contributed by atoms with Crippen molar-refractivity contribution in [3.05, 3.63) is 34.1 Å². The van der Waals surface area contributed by atoms with Crippen LogP contribution in [-0.2, 0) is 4.79 Å². The second kappa shape index (κ2) is 4.69. The monoisotopic (exact) mass is 226 g/mol. The van der Waals surface area contributed by atoms with E-state index in [2.05, 4.69) is 5.32 Å². The SMILES string of the molecule is CC(C)C(=O)Nc1ccc([N+](=O)[O-])cc1F. The van der Waals surface area contributed by atoms with Crippen molar-refractivity contribution in [2.75, 3.05) is 5.32 Å². The lowest BCUT2D eigenvalue weighted by Crippen LogP contribution is -2.18. The molecule has 0 radical (unpaired) electrons. The van der Waals surface area contributed by atoms with Crippen LogP contribution in [0, 0.1) is 21.8 Å². The van der Waals surface area contributed by atoms with Crippen LogP contribution in [0.3, 0.4) is 0 Å². The molecule has 0 aliphatic carbocycles. The Morgan fingerprint density at radius 3 is 2.56 bits per heavy atom. The normalized spacial score (nSPS) is 10.2. The predicted octanol–water partition coefficient (Wildman–Crippen LogP) is 2.33. The second-order valence-corrected chi connectivity index (χ2v) is 3.57. The average molecular weight is 226 g/mol. The van der Waals surface area contributed by atoms with Crippen molar-refractivity contribution in [2.24, 2.45) is 5.92 Å². The van der Waals surface area contributed by atoms with Gasteiger partial charge in [0.15, 0.2) is 5.82 Å². The number of nitrogens with zero attached hydrogens (tertiary/aromatic N) is 1. The summed E-state index contributed by atoms with van der Waals surface area (Å²) >= 11 is 0. The Balaban J connectivity index is 2.91. The molecule has 1 aromatic carbocycles. The Hall–Kier alpha value is -1.98. The summed E-state index contributed by atoms with van der Waals surface area (Å²) in [5.74, 6) is -1.44. The smallest absolute Gasteiger partial charge is 0.272 e. The van der Waals surface area contributed by atoms with E-state index in [0.29, 0.717) is 0 Å². The Morgan fingerprint density at radius 1 is 1.50 bits per heavy atom. The fourth-order valence-electron chi connectivity index (χ4n) is 0.996. The first-order valence-electron chi connectivity index (χ1n) is 4.66. The van der Waals surface area contributed by atoms with Gasteiger partial charge in [0.05, 0.1) is 16.7 Å². The number of non-ortho nitro benzene ring substituents is 1. The molecule has 6 heteroatoms. The molecule has 0 fully saturated rings. The number of hydrogen-bond donors (Lipinski definition) is 1. The average Bonchev–Trinajstić information content (AvgIpc) is 2.20. The van der Waals surface area contributed by atoms with Gasteiger partial charge in [0.1, 0.15) is 0 Å². The highest BCUT2D eigenvalue weighted by molar-refractivity contribution is 5.92. The number of hydrogen-bond acceptors (Lipinski definition) is 3. The summed E-state index contributed by atoms with van der Waals surface area (Å²) in [6.07, 6.45) is 0. The highest BCUT2D eigenvalue weighted by Crippen LogP contribution is 2.20. The summed E-state index contributed by atoms with van der Waals surface area (Å²) in [7, 11) is 0. The Labute approximate surface area is 91.4 Å². The van der Waals surface area contributed by atoms with E-state index >= 15 is 0 Å². The number of halogens is 1. The zero-order valence-electron chi connectivity index (χ0n) is 8.86. The molecule has 1 N–H and O–H groups in total. The number of carbonyl (C=O) groups excluding carboxylic acids is 1. The van der Waals surface area contributed by atoms with Crippen LogP contribution in [0.4, 0.5) is 15.8 Å². The first-order valence-corrected chi connectivity index (χ1v) is 4.66. The van der Waals surface area contributed by atoms with Gasteiger partial charge in [-0.1, -0.05) is 13.8 Å². The Bertz CT molecular complexity index is 432. The maximum absolute atomic E-state index is 13.3. The lowest BCUT2D eigenvalue weighted by atomic mass is 10.2. The van der Waals surface area contributed by atoms with E-state index in [1.54, 1.807) is 13.8 Å². The molecule has 0 aliphatic rings. The maximum Gasteiger partial charge on any atom is 0.272 e. The number of rotatable bonds is 3. The lowest BCUT2D eigenvalue weighted by Gasteiger charge is -2.08. The molecule has 0 atom stereocenters. The first kappa shape index (κ1) is 12.1. The van der Waals surface area contributed by atoms with Crippen molar-refractivity contribution in [2.45, 2.75) is 13.8 Å². The van der Waals surface area contributed by atoms with Crippen LogP contribution >= 0.6 is 0 Å². The van der Waals surface area contributed by atoms with E-state index in [4.69, 9.17) is 0 Å². The van der Waals surface area contributed by atoms with Crippen molar-refractivity contribution < 1.29 is 14.1 Å². The molecule has 0 unspecified atom stereocenters. The van der Waals surface area contributed by atoms with Crippen LogP contribution in [0.15, 0.2) is 18.2 Å². The van der Waals surface area contributed by atoms with Gasteiger partial charge in [-0.05, 0) is 6.07 Å². The lowest BCUT2D eigenvalue weighted by molar-refractivity contribution is -0.385. The molecule has 1 rings (SSSR count). The van der Waals surface area contributed by atoms with Gasteiger partial charge in [-0.15, -0.1) is 0 Å². The van der Waals surface area contributed by atoms with E-state index in [9.17, 15) is 19.3 Å². The van der Waals surface area contributed by atoms with Crippen LogP contribution in [0.5, 0.6) is 0 Å². The van der Waals surface area contributed by atoms with Gasteiger partial charge in [0, 0.05) is 12.0 Å². The van der Waals surface area contributed by atoms with Crippen LogP contribution in [0.25, 0.3) is 0 Å². The molecular formula is C10H11FN2O3. The Kier molecular flexibility index (Phi) is 3.55. The minimum absolute atomic E-state index is 0.0516. The highest BCUT2D eigenvalue weighted by atomic mass is 19.1. The van der Waals surface area contributed by atoms with Crippen LogP contribution < -0.4 is 5.32 Å². The molecule has 0 aliphatic heterocycles. The third-order valence-electron chi connectivity index (χ3n) is 1.95. The van der Waals surface area contributed by atoms with Gasteiger partial charge in [-0.2, -0.15) is 0 Å². The number of nitro benzene ring substituents is 1. The molecule has 16 heavy (non-hydrogen) atoms. The molecule has 0 spiro atoms. The van der Waals surface area contributed by atoms with E-state index in [0.717, 1.165) is 12.1 Å². The quantitative estimate of drug-likeness (QED) is 0.635. The number of nitro groups is 1. The van der Waals surface area contributed by atoms with Crippen LogP contribution in [0.2, 0.25) is 0 Å². The molecule has 5 nitrogen and oxygen atoms in total. The fraction of sp³-hybridized carbons (Fsp3) is 0.300. The van der Waals surface area contributed by atoms with Gasteiger partial charge < -0.3 is 5.32 Å². The van der Waals surface area contributed by atoms with Crippen molar-refractivity contribution >= 4 is 17.3 Å². The summed E-state index contributed by atoms with van der Waals surface area (Å²) in [5.41, 5.74) is -0.399. The van der Waals surface area contributed by atoms with Crippen molar-refractivity contribution in [3.63, 3.8) is 0 Å². The largest absolute Gasteiger partial charge is 0.323 e. The summed E-state index contributed by atoms with van der Waals surface area (Å²) < 4.78 is 13.3. The predicted molar refractivity (Wildman–Crippen MR) is 56.5 cm³/mol. The Morgan fingerprint density at radius 2 is 2.12 bits per heavy atom. The molecule has 0 bridgehead atoms. The third-order valence-corrected chi connectivity index (χ3v) is 1.95. The first-order chi connectivity index (χ1) is 7.41. The topological polar surface area (TPSA) is 72.2 Å². The van der Waals surface area contributed by atoms with Crippen molar-refractivity contribution in [1.82, 2.24) is 0 Å². The number of carbonyl (C=O) groups is 1. The van der Waals surface area contributed by atoms with E-state index in [1.807, 2.05) is 0 Å². The highest BCUT2D eigenvalue weighted by Gasteiger charge is 2.13. The van der Waals surface area contributed by atoms with E-state index < -0.39 is 10.7 Å². The second-order valence-electron chi connectivity index (χ2n) is 3.57. The molecule has 86 valence electrons. The van der Waals surface area contributed by atoms with Crippen molar-refractivity contribution in [3.8, 4) is 0 Å². The molecular weight excluding hydrogens is 215 g/mol. The molecule has 1 aromatic rings. The molecule has 0 heterocycles. The summed E-state index contributed by atoms with van der Waals surface area (Å²) in [6.45, 7) is 3.33. The van der Waals surface area contributed by atoms with Gasteiger partial charge in [-0.3, -0.25) is 14.9 Å². The van der Waals surface area contributed by atoms with Gasteiger partial charge >= 0.3 is 0 Å². The summed E-state index contributed by atoms with van der Waals surface area (Å²) in [5, 5.41) is 12.7. The third kappa shape index (κ3) is 2.75. The van der Waals surface area contributed by atoms with Gasteiger partial charge in [0.2, 0.25) is 5.91 Å². The number of amides is 1. The van der Waals surface area contributed by atoms with E-state index in [1.165, 1.54) is 6.07 Å². The zero-order chi connectivity index (χ0) is 12.3. The summed E-state index contributed by atoms with van der Waals surface area (Å²) in [6, 6.07) is 3.09. The van der Waals surface area contributed by atoms with E-state index in [-0.39, 0.29) is 23.2 Å². The van der Waals surface area contributed by atoms with Crippen molar-refractivity contribution in [1.29, 1.82) is 0 Å². The number of anilines is 1. The minimum atomic E-state index is -0.816. The van der Waals surface area contributed by atoms with Gasteiger partial charge in [-0.25, -0.2) is 4.39 Å². The maximum atomic E-state index is 13.3. The van der Waals surface area contributed by atoms with Crippen LogP contribution in [-0.4, -0.2) is 10.8 Å². The molecule has 0 saturated heterocycles. The standard InChI is InChI=1S/C10H11FN2O3/c1-6(2)10(14)12-9-4-3-7(13(15)16)5-8(9)11/h3-6H,1-2H3,(H,12,14). The number of nitrogens with one attached hydrogen (secondary N) is 1. The number of benzene rings is 1. The molecule has 0 aromatic heterocycles. The molecule has 1 amide bonds.